The Balaban J connectivity index is 2.38. The van der Waals surface area contributed by atoms with Crippen molar-refractivity contribution in [2.75, 3.05) is 32.1 Å². The van der Waals surface area contributed by atoms with Crippen LogP contribution in [0.3, 0.4) is 0 Å². The predicted octanol–water partition coefficient (Wildman–Crippen LogP) is 2.76. The van der Waals surface area contributed by atoms with Crippen molar-refractivity contribution >= 4 is 5.82 Å². The van der Waals surface area contributed by atoms with Gasteiger partial charge < -0.3 is 10.1 Å². The lowest BCUT2D eigenvalue weighted by molar-refractivity contribution is 0.0627. The molecule has 0 spiro atoms. The molecule has 1 aromatic heterocycles. The summed E-state index contributed by atoms with van der Waals surface area (Å²) in [6.45, 7) is 9.89. The van der Waals surface area contributed by atoms with Crippen LogP contribution in [0.25, 0.3) is 0 Å². The van der Waals surface area contributed by atoms with E-state index in [1.807, 2.05) is 6.20 Å². The van der Waals surface area contributed by atoms with E-state index in [2.05, 4.69) is 55.2 Å². The normalized spacial score (nSPS) is 11.3. The van der Waals surface area contributed by atoms with Crippen LogP contribution in [0.15, 0.2) is 18.3 Å². The second kappa shape index (κ2) is 8.88. The molecular weight excluding hydrogens is 238 g/mol. The van der Waals surface area contributed by atoms with Crippen LogP contribution in [-0.4, -0.2) is 42.7 Å². The van der Waals surface area contributed by atoms with E-state index >= 15 is 0 Å². The SMILES string of the molecule is CCCNc1cc(CN(C)CCOC(C)C)ccn1. The van der Waals surface area contributed by atoms with Gasteiger partial charge in [0.05, 0.1) is 12.7 Å². The standard InChI is InChI=1S/C15H27N3O/c1-5-7-16-15-11-14(6-8-17-15)12-18(4)9-10-19-13(2)3/h6,8,11,13H,5,7,9-10,12H2,1-4H3,(H,16,17). The van der Waals surface area contributed by atoms with Crippen LogP contribution in [-0.2, 0) is 11.3 Å². The number of likely N-dealkylation sites (N-methyl/N-ethyl adjacent to an activating group) is 1. The fraction of sp³-hybridized carbons (Fsp3) is 0.667. The van der Waals surface area contributed by atoms with Crippen molar-refractivity contribution in [3.8, 4) is 0 Å². The zero-order valence-corrected chi connectivity index (χ0v) is 12.6. The third kappa shape index (κ3) is 7.13. The highest BCUT2D eigenvalue weighted by atomic mass is 16.5. The molecule has 1 N–H and O–H groups in total. The lowest BCUT2D eigenvalue weighted by Gasteiger charge is -2.18. The monoisotopic (exact) mass is 265 g/mol. The Bertz CT molecular complexity index is 355. The van der Waals surface area contributed by atoms with Crippen LogP contribution in [0.1, 0.15) is 32.8 Å². The Morgan fingerprint density at radius 1 is 1.42 bits per heavy atom. The van der Waals surface area contributed by atoms with Crippen molar-refractivity contribution in [2.45, 2.75) is 39.8 Å². The second-order valence-electron chi connectivity index (χ2n) is 5.13. The summed E-state index contributed by atoms with van der Waals surface area (Å²) in [4.78, 5) is 6.58. The molecule has 0 atom stereocenters. The van der Waals surface area contributed by atoms with E-state index in [0.29, 0.717) is 6.10 Å². The van der Waals surface area contributed by atoms with Crippen molar-refractivity contribution in [2.24, 2.45) is 0 Å². The first-order valence-corrected chi connectivity index (χ1v) is 7.10. The van der Waals surface area contributed by atoms with Gasteiger partial charge >= 0.3 is 0 Å². The van der Waals surface area contributed by atoms with E-state index in [-0.39, 0.29) is 0 Å². The van der Waals surface area contributed by atoms with Crippen molar-refractivity contribution in [1.82, 2.24) is 9.88 Å². The highest BCUT2D eigenvalue weighted by Gasteiger charge is 2.03. The summed E-state index contributed by atoms with van der Waals surface area (Å²) in [5, 5.41) is 3.31. The first-order valence-electron chi connectivity index (χ1n) is 7.10. The summed E-state index contributed by atoms with van der Waals surface area (Å²) in [5.74, 6) is 0.964. The first-order chi connectivity index (χ1) is 9.11. The number of pyridine rings is 1. The molecule has 0 radical (unpaired) electrons. The summed E-state index contributed by atoms with van der Waals surface area (Å²) in [5.41, 5.74) is 1.28. The highest BCUT2D eigenvalue weighted by molar-refractivity contribution is 5.37. The molecule has 4 nitrogen and oxygen atoms in total. The number of hydrogen-bond acceptors (Lipinski definition) is 4. The molecule has 0 aromatic carbocycles. The molecule has 0 unspecified atom stereocenters. The van der Waals surface area contributed by atoms with Crippen molar-refractivity contribution in [1.29, 1.82) is 0 Å². The lowest BCUT2D eigenvalue weighted by atomic mass is 10.2. The number of nitrogens with zero attached hydrogens (tertiary/aromatic N) is 2. The minimum absolute atomic E-state index is 0.305. The van der Waals surface area contributed by atoms with Crippen LogP contribution in [0.2, 0.25) is 0 Å². The van der Waals surface area contributed by atoms with Gasteiger partial charge in [0.2, 0.25) is 0 Å². The zero-order chi connectivity index (χ0) is 14.1. The molecule has 0 aliphatic carbocycles. The molecule has 108 valence electrons. The van der Waals surface area contributed by atoms with Crippen LogP contribution in [0, 0.1) is 0 Å². The smallest absolute Gasteiger partial charge is 0.126 e. The van der Waals surface area contributed by atoms with Gasteiger partial charge in [-0.25, -0.2) is 4.98 Å². The fourth-order valence-corrected chi connectivity index (χ4v) is 1.76. The van der Waals surface area contributed by atoms with E-state index in [1.165, 1.54) is 5.56 Å². The average molecular weight is 265 g/mol. The number of ether oxygens (including phenoxy) is 1. The van der Waals surface area contributed by atoms with Gasteiger partial charge in [-0.3, -0.25) is 4.90 Å². The maximum atomic E-state index is 5.56. The molecule has 0 aliphatic rings. The third-order valence-electron chi connectivity index (χ3n) is 2.76. The number of anilines is 1. The first kappa shape index (κ1) is 15.9. The number of aromatic nitrogens is 1. The average Bonchev–Trinajstić information content (AvgIpc) is 2.36. The fourth-order valence-electron chi connectivity index (χ4n) is 1.76. The molecule has 4 heteroatoms. The van der Waals surface area contributed by atoms with E-state index in [1.54, 1.807) is 0 Å². The van der Waals surface area contributed by atoms with Gasteiger partial charge in [0.25, 0.3) is 0 Å². The molecule has 0 saturated heterocycles. The maximum absolute atomic E-state index is 5.56. The Kier molecular flexibility index (Phi) is 7.45. The quantitative estimate of drug-likeness (QED) is 0.745. The Morgan fingerprint density at radius 2 is 2.21 bits per heavy atom. The lowest BCUT2D eigenvalue weighted by Crippen LogP contribution is -2.24. The maximum Gasteiger partial charge on any atom is 0.126 e. The Labute approximate surface area is 117 Å². The van der Waals surface area contributed by atoms with Crippen molar-refractivity contribution < 1.29 is 4.74 Å². The van der Waals surface area contributed by atoms with E-state index in [0.717, 1.165) is 38.5 Å². The van der Waals surface area contributed by atoms with Crippen LogP contribution in [0.5, 0.6) is 0 Å². The second-order valence-corrected chi connectivity index (χ2v) is 5.13. The molecule has 1 aromatic rings. The minimum Gasteiger partial charge on any atom is -0.377 e. The molecular formula is C15H27N3O. The molecule has 0 saturated carbocycles. The summed E-state index contributed by atoms with van der Waals surface area (Å²) in [6.07, 6.45) is 3.28. The van der Waals surface area contributed by atoms with Gasteiger partial charge in [-0.1, -0.05) is 6.92 Å². The van der Waals surface area contributed by atoms with Gasteiger partial charge in [-0.2, -0.15) is 0 Å². The summed E-state index contributed by atoms with van der Waals surface area (Å²) in [6, 6.07) is 4.19. The molecule has 0 aliphatic heterocycles. The van der Waals surface area contributed by atoms with Crippen molar-refractivity contribution in [3.63, 3.8) is 0 Å². The van der Waals surface area contributed by atoms with Gasteiger partial charge in [0.15, 0.2) is 0 Å². The van der Waals surface area contributed by atoms with E-state index < -0.39 is 0 Å². The molecule has 0 fully saturated rings. The molecule has 0 bridgehead atoms. The van der Waals surface area contributed by atoms with Gasteiger partial charge in [0.1, 0.15) is 5.82 Å². The summed E-state index contributed by atoms with van der Waals surface area (Å²) < 4.78 is 5.56. The molecule has 1 rings (SSSR count). The molecule has 19 heavy (non-hydrogen) atoms. The van der Waals surface area contributed by atoms with E-state index in [9.17, 15) is 0 Å². The zero-order valence-electron chi connectivity index (χ0n) is 12.6. The Morgan fingerprint density at radius 3 is 2.89 bits per heavy atom. The highest BCUT2D eigenvalue weighted by Crippen LogP contribution is 2.09. The number of hydrogen-bond donors (Lipinski definition) is 1. The predicted molar refractivity (Wildman–Crippen MR) is 80.4 cm³/mol. The largest absolute Gasteiger partial charge is 0.377 e. The van der Waals surface area contributed by atoms with Gasteiger partial charge in [-0.15, -0.1) is 0 Å². The third-order valence-corrected chi connectivity index (χ3v) is 2.76. The number of nitrogens with one attached hydrogen (secondary N) is 1. The van der Waals surface area contributed by atoms with Gasteiger partial charge in [0, 0.05) is 25.8 Å². The topological polar surface area (TPSA) is 37.4 Å². The van der Waals surface area contributed by atoms with Crippen LogP contribution in [0.4, 0.5) is 5.82 Å². The molecule has 0 amide bonds. The summed E-state index contributed by atoms with van der Waals surface area (Å²) >= 11 is 0. The summed E-state index contributed by atoms with van der Waals surface area (Å²) in [7, 11) is 2.11. The van der Waals surface area contributed by atoms with Crippen molar-refractivity contribution in [3.05, 3.63) is 23.9 Å². The Hall–Kier alpha value is -1.13. The molecule has 1 heterocycles. The van der Waals surface area contributed by atoms with E-state index in [4.69, 9.17) is 4.74 Å². The van der Waals surface area contributed by atoms with Crippen LogP contribution < -0.4 is 5.32 Å². The number of rotatable bonds is 9. The minimum atomic E-state index is 0.305. The van der Waals surface area contributed by atoms with Gasteiger partial charge in [-0.05, 0) is 45.0 Å². The van der Waals surface area contributed by atoms with Crippen LogP contribution >= 0.6 is 0 Å².